The topological polar surface area (TPSA) is 151 Å². The van der Waals surface area contributed by atoms with Gasteiger partial charge in [0.15, 0.2) is 11.5 Å². The molecule has 0 saturated heterocycles. The lowest BCUT2D eigenvalue weighted by Crippen LogP contribution is -2.21. The summed E-state index contributed by atoms with van der Waals surface area (Å²) in [7, 11) is 3.35. The van der Waals surface area contributed by atoms with Crippen LogP contribution in [0.25, 0.3) is 27.7 Å². The van der Waals surface area contributed by atoms with Crippen molar-refractivity contribution in [2.45, 2.75) is 27.3 Å². The van der Waals surface area contributed by atoms with E-state index >= 15 is 0 Å². The Bertz CT molecular complexity index is 2230. The molecular weight excluding hydrogens is 576 g/mol. The van der Waals surface area contributed by atoms with Crippen LogP contribution >= 0.6 is 0 Å². The summed E-state index contributed by atoms with van der Waals surface area (Å²) in [5.41, 5.74) is 2.73. The predicted octanol–water partition coefficient (Wildman–Crippen LogP) is 4.02. The van der Waals surface area contributed by atoms with Crippen LogP contribution in [0.4, 0.5) is 11.5 Å². The lowest BCUT2D eigenvalue weighted by molar-refractivity contribution is 0.101. The van der Waals surface area contributed by atoms with Gasteiger partial charge in [-0.25, -0.2) is 14.6 Å². The highest BCUT2D eigenvalue weighted by atomic mass is 16.5. The number of hydrogen-bond acceptors (Lipinski definition) is 7. The Labute approximate surface area is 256 Å². The second-order valence-electron chi connectivity index (χ2n) is 10.6. The van der Waals surface area contributed by atoms with E-state index in [2.05, 4.69) is 20.6 Å². The number of imidazole rings is 1. The zero-order valence-corrected chi connectivity index (χ0v) is 25.3. The van der Waals surface area contributed by atoms with Crippen molar-refractivity contribution in [1.82, 2.24) is 28.6 Å². The molecule has 0 aliphatic rings. The van der Waals surface area contributed by atoms with Gasteiger partial charge in [-0.05, 0) is 62.7 Å². The summed E-state index contributed by atoms with van der Waals surface area (Å²) in [5, 5.41) is 5.89. The van der Waals surface area contributed by atoms with Gasteiger partial charge >= 0.3 is 0 Å². The van der Waals surface area contributed by atoms with Crippen molar-refractivity contribution in [3.05, 3.63) is 111 Å². The Morgan fingerprint density at radius 3 is 2.33 bits per heavy atom. The molecule has 0 bridgehead atoms. The van der Waals surface area contributed by atoms with Crippen LogP contribution in [0, 0.1) is 13.8 Å². The van der Waals surface area contributed by atoms with Crippen LogP contribution in [-0.4, -0.2) is 40.5 Å². The number of hydrogen-bond donors (Lipinski definition) is 2. The summed E-state index contributed by atoms with van der Waals surface area (Å²) >= 11 is 0. The molecule has 4 heterocycles. The molecule has 4 aromatic heterocycles. The van der Waals surface area contributed by atoms with Gasteiger partial charge < -0.3 is 19.7 Å². The first-order valence-electron chi connectivity index (χ1n) is 14.2. The Balaban J connectivity index is 1.35. The lowest BCUT2D eigenvalue weighted by Gasteiger charge is -2.13. The molecule has 2 aromatic carbocycles. The van der Waals surface area contributed by atoms with E-state index in [0.29, 0.717) is 62.8 Å². The molecule has 0 aliphatic carbocycles. The van der Waals surface area contributed by atoms with Crippen LogP contribution in [0.15, 0.2) is 81.2 Å². The number of nitrogens with one attached hydrogen (secondary N) is 2. The standard InChI is InChI=1S/C32H30N8O5/c1-6-39-28-24(31(43)40(39)23-12-10-20(11-13-23)26-19(3)45-38(5)32(26)44)14-18(2)34-27(28)30(42)35-22-9-7-8-21(15-22)29(41)36-25-16-37(4)17-33-25/h7-17H,6H2,1-5H3,(H,35,42)(H,36,41). The second kappa shape index (κ2) is 11.3. The number of carbonyl (C=O) groups excluding carboxylic acids is 2. The normalized spacial score (nSPS) is 11.2. The van der Waals surface area contributed by atoms with Gasteiger partial charge in [0.2, 0.25) is 0 Å². The van der Waals surface area contributed by atoms with Crippen molar-refractivity contribution >= 4 is 34.2 Å². The monoisotopic (exact) mass is 606 g/mol. The van der Waals surface area contributed by atoms with Crippen molar-refractivity contribution in [3.8, 4) is 16.8 Å². The van der Waals surface area contributed by atoms with E-state index in [1.807, 2.05) is 6.92 Å². The largest absolute Gasteiger partial charge is 0.381 e. The molecule has 0 unspecified atom stereocenters. The van der Waals surface area contributed by atoms with E-state index in [1.54, 1.807) is 104 Å². The quantitative estimate of drug-likeness (QED) is 0.279. The molecule has 2 N–H and O–H groups in total. The number of fused-ring (bicyclic) bond motifs is 1. The summed E-state index contributed by atoms with van der Waals surface area (Å²) in [5.74, 6) is -0.0217. The summed E-state index contributed by atoms with van der Waals surface area (Å²) < 4.78 is 11.5. The van der Waals surface area contributed by atoms with E-state index in [1.165, 1.54) is 9.42 Å². The van der Waals surface area contributed by atoms with Gasteiger partial charge in [-0.1, -0.05) is 18.2 Å². The highest BCUT2D eigenvalue weighted by molar-refractivity contribution is 6.11. The molecule has 228 valence electrons. The summed E-state index contributed by atoms with van der Waals surface area (Å²) in [6, 6.07) is 15.2. The number of amides is 2. The maximum atomic E-state index is 13.8. The van der Waals surface area contributed by atoms with Crippen LogP contribution in [0.3, 0.4) is 0 Å². The van der Waals surface area contributed by atoms with Gasteiger partial charge in [-0.2, -0.15) is 4.74 Å². The van der Waals surface area contributed by atoms with E-state index < -0.39 is 5.91 Å². The minimum atomic E-state index is -0.535. The zero-order chi connectivity index (χ0) is 32.0. The number of aromatic nitrogens is 6. The fraction of sp³-hybridized carbons (Fsp3) is 0.188. The maximum Gasteiger partial charge on any atom is 0.290 e. The van der Waals surface area contributed by atoms with E-state index in [9.17, 15) is 19.2 Å². The smallest absolute Gasteiger partial charge is 0.290 e. The first-order chi connectivity index (χ1) is 21.5. The number of benzene rings is 2. The summed E-state index contributed by atoms with van der Waals surface area (Å²) in [6.45, 7) is 5.66. The van der Waals surface area contributed by atoms with Crippen LogP contribution in [0.1, 0.15) is 39.2 Å². The fourth-order valence-corrected chi connectivity index (χ4v) is 5.42. The lowest BCUT2D eigenvalue weighted by atomic mass is 10.1. The number of nitrogens with zero attached hydrogens (tertiary/aromatic N) is 6. The minimum Gasteiger partial charge on any atom is -0.381 e. The minimum absolute atomic E-state index is 0.0696. The van der Waals surface area contributed by atoms with Crippen molar-refractivity contribution in [2.75, 3.05) is 10.6 Å². The molecule has 2 amide bonds. The third kappa shape index (κ3) is 5.24. The van der Waals surface area contributed by atoms with Crippen LogP contribution < -0.4 is 21.8 Å². The molecule has 13 nitrogen and oxygen atoms in total. The molecule has 0 spiro atoms. The van der Waals surface area contributed by atoms with Gasteiger partial charge in [-0.3, -0.25) is 23.9 Å². The van der Waals surface area contributed by atoms with E-state index in [4.69, 9.17) is 4.52 Å². The van der Waals surface area contributed by atoms with Crippen LogP contribution in [0.5, 0.6) is 0 Å². The second-order valence-corrected chi connectivity index (χ2v) is 10.6. The molecule has 0 radical (unpaired) electrons. The van der Waals surface area contributed by atoms with Crippen LogP contribution in [0.2, 0.25) is 0 Å². The predicted molar refractivity (Wildman–Crippen MR) is 169 cm³/mol. The number of anilines is 2. The van der Waals surface area contributed by atoms with Gasteiger partial charge in [0.25, 0.3) is 22.9 Å². The van der Waals surface area contributed by atoms with Gasteiger partial charge in [-0.15, -0.1) is 0 Å². The number of pyridine rings is 1. The molecule has 6 rings (SSSR count). The zero-order valence-electron chi connectivity index (χ0n) is 25.3. The first kappa shape index (κ1) is 29.1. The summed E-state index contributed by atoms with van der Waals surface area (Å²) in [6.07, 6.45) is 3.25. The molecule has 45 heavy (non-hydrogen) atoms. The molecule has 6 aromatic rings. The maximum absolute atomic E-state index is 13.8. The molecule has 0 aliphatic heterocycles. The SMILES string of the molecule is CCn1c2c(C(=O)Nc3cccc(C(=O)Nc4cn(C)cn4)c3)nc(C)cc2c(=O)n1-c1ccc(-c2c(C)on(C)c2=O)cc1. The van der Waals surface area contributed by atoms with Crippen molar-refractivity contribution < 1.29 is 14.1 Å². The highest BCUT2D eigenvalue weighted by Crippen LogP contribution is 2.25. The number of carbonyl (C=O) groups is 2. The van der Waals surface area contributed by atoms with Gasteiger partial charge in [0.05, 0.1) is 23.0 Å². The number of aryl methyl sites for hydroxylation is 5. The van der Waals surface area contributed by atoms with E-state index in [-0.39, 0.29) is 22.7 Å². The Morgan fingerprint density at radius 1 is 0.933 bits per heavy atom. The molecule has 0 saturated carbocycles. The fourth-order valence-electron chi connectivity index (χ4n) is 5.42. The van der Waals surface area contributed by atoms with E-state index in [0.717, 1.165) is 0 Å². The molecule has 13 heteroatoms. The molecule has 0 fully saturated rings. The van der Waals surface area contributed by atoms with Gasteiger partial charge in [0.1, 0.15) is 11.3 Å². The van der Waals surface area contributed by atoms with Crippen molar-refractivity contribution in [1.29, 1.82) is 0 Å². The van der Waals surface area contributed by atoms with Crippen molar-refractivity contribution in [2.24, 2.45) is 14.1 Å². The molecule has 0 atom stereocenters. The number of rotatable bonds is 7. The third-order valence-electron chi connectivity index (χ3n) is 7.41. The average Bonchev–Trinajstić information content (AvgIpc) is 3.64. The summed E-state index contributed by atoms with van der Waals surface area (Å²) in [4.78, 5) is 61.5. The highest BCUT2D eigenvalue weighted by Gasteiger charge is 2.23. The van der Waals surface area contributed by atoms with Gasteiger partial charge in [0, 0.05) is 43.8 Å². The third-order valence-corrected chi connectivity index (χ3v) is 7.41. The Hall–Kier alpha value is -5.98. The Kier molecular flexibility index (Phi) is 7.28. The molecular formula is C32H30N8O5. The van der Waals surface area contributed by atoms with Crippen molar-refractivity contribution in [3.63, 3.8) is 0 Å². The van der Waals surface area contributed by atoms with Crippen LogP contribution in [-0.2, 0) is 20.6 Å². The first-order valence-corrected chi connectivity index (χ1v) is 14.2. The average molecular weight is 607 g/mol. The Morgan fingerprint density at radius 2 is 1.69 bits per heavy atom.